The van der Waals surface area contributed by atoms with Crippen LogP contribution in [-0.4, -0.2) is 11.8 Å². The highest BCUT2D eigenvalue weighted by atomic mass is 35.5. The predicted octanol–water partition coefficient (Wildman–Crippen LogP) is 4.12. The Bertz CT molecular complexity index is 282. The van der Waals surface area contributed by atoms with Crippen molar-refractivity contribution >= 4 is 23.2 Å². The molecular formula is C12H16Cl2. The second-order valence-corrected chi connectivity index (χ2v) is 4.25. The molecule has 0 radical (unpaired) electrons. The predicted molar refractivity (Wildman–Crippen MR) is 64.6 cm³/mol. The van der Waals surface area contributed by atoms with E-state index in [-0.39, 0.29) is 5.41 Å². The summed E-state index contributed by atoms with van der Waals surface area (Å²) in [6, 6.07) is 8.33. The Balaban J connectivity index is 3.17. The lowest BCUT2D eigenvalue weighted by molar-refractivity contribution is 0.517. The maximum Gasteiger partial charge on any atom is 0.0332 e. The quantitative estimate of drug-likeness (QED) is 0.684. The number of alkyl halides is 2. The highest BCUT2D eigenvalue weighted by Gasteiger charge is 2.29. The van der Waals surface area contributed by atoms with Crippen LogP contribution in [0.4, 0.5) is 0 Å². The zero-order valence-electron chi connectivity index (χ0n) is 8.69. The molecule has 0 fully saturated rings. The molecule has 78 valence electrons. The van der Waals surface area contributed by atoms with E-state index >= 15 is 0 Å². The van der Waals surface area contributed by atoms with Crippen molar-refractivity contribution in [2.75, 3.05) is 11.8 Å². The fourth-order valence-corrected chi connectivity index (χ4v) is 2.68. The normalized spacial score (nSPS) is 11.7. The van der Waals surface area contributed by atoms with Crippen LogP contribution in [-0.2, 0) is 5.41 Å². The minimum absolute atomic E-state index is 0.0611. The first-order valence-electron chi connectivity index (χ1n) is 4.88. The Labute approximate surface area is 96.2 Å². The van der Waals surface area contributed by atoms with E-state index in [2.05, 4.69) is 26.0 Å². The standard InChI is InChI=1S/C12H16Cl2/c1-3-12(8-13,9-14)11-7-5-4-6-10(11)2/h4-7H,3,8-9H2,1-2H3. The van der Waals surface area contributed by atoms with Gasteiger partial charge in [-0.25, -0.2) is 0 Å². The summed E-state index contributed by atoms with van der Waals surface area (Å²) >= 11 is 12.1. The number of rotatable bonds is 4. The summed E-state index contributed by atoms with van der Waals surface area (Å²) in [5.41, 5.74) is 2.50. The molecule has 1 aromatic carbocycles. The molecule has 1 aromatic rings. The van der Waals surface area contributed by atoms with E-state index in [4.69, 9.17) is 23.2 Å². The summed E-state index contributed by atoms with van der Waals surface area (Å²) in [4.78, 5) is 0. The lowest BCUT2D eigenvalue weighted by atomic mass is 9.79. The van der Waals surface area contributed by atoms with Gasteiger partial charge in [-0.3, -0.25) is 0 Å². The Kier molecular flexibility index (Phi) is 4.28. The van der Waals surface area contributed by atoms with Gasteiger partial charge in [-0.05, 0) is 24.5 Å². The third kappa shape index (κ3) is 2.07. The van der Waals surface area contributed by atoms with Gasteiger partial charge in [0.2, 0.25) is 0 Å². The molecule has 0 aromatic heterocycles. The Hall–Kier alpha value is -0.200. The molecular weight excluding hydrogens is 215 g/mol. The number of hydrogen-bond acceptors (Lipinski definition) is 0. The van der Waals surface area contributed by atoms with Gasteiger partial charge in [0.25, 0.3) is 0 Å². The first-order chi connectivity index (χ1) is 6.70. The molecule has 0 spiro atoms. The van der Waals surface area contributed by atoms with Gasteiger partial charge in [-0.1, -0.05) is 31.2 Å². The highest BCUT2D eigenvalue weighted by Crippen LogP contribution is 2.32. The van der Waals surface area contributed by atoms with Crippen LogP contribution in [0.2, 0.25) is 0 Å². The van der Waals surface area contributed by atoms with Gasteiger partial charge in [0.05, 0.1) is 0 Å². The molecule has 0 N–H and O–H groups in total. The summed E-state index contributed by atoms with van der Waals surface area (Å²) in [5, 5.41) is 0. The SMILES string of the molecule is CCC(CCl)(CCl)c1ccccc1C. The zero-order chi connectivity index (χ0) is 10.6. The molecule has 0 aliphatic rings. The first-order valence-corrected chi connectivity index (χ1v) is 5.95. The molecule has 0 nitrogen and oxygen atoms in total. The first kappa shape index (κ1) is 11.9. The van der Waals surface area contributed by atoms with Crippen LogP contribution in [0.3, 0.4) is 0 Å². The number of halogens is 2. The van der Waals surface area contributed by atoms with Crippen LogP contribution in [0, 0.1) is 6.92 Å². The molecule has 0 unspecified atom stereocenters. The van der Waals surface area contributed by atoms with Crippen LogP contribution in [0.5, 0.6) is 0 Å². The van der Waals surface area contributed by atoms with Crippen molar-refractivity contribution in [1.82, 2.24) is 0 Å². The minimum Gasteiger partial charge on any atom is -0.126 e. The van der Waals surface area contributed by atoms with Gasteiger partial charge in [0, 0.05) is 17.2 Å². The minimum atomic E-state index is -0.0611. The fraction of sp³-hybridized carbons (Fsp3) is 0.500. The van der Waals surface area contributed by atoms with Crippen molar-refractivity contribution in [2.24, 2.45) is 0 Å². The van der Waals surface area contributed by atoms with E-state index in [1.54, 1.807) is 0 Å². The molecule has 0 saturated carbocycles. The largest absolute Gasteiger partial charge is 0.126 e. The summed E-state index contributed by atoms with van der Waals surface area (Å²) in [6.45, 7) is 4.25. The van der Waals surface area contributed by atoms with E-state index in [1.165, 1.54) is 11.1 Å². The van der Waals surface area contributed by atoms with E-state index < -0.39 is 0 Å². The summed E-state index contributed by atoms with van der Waals surface area (Å²) in [7, 11) is 0. The third-order valence-electron chi connectivity index (χ3n) is 2.90. The van der Waals surface area contributed by atoms with Crippen molar-refractivity contribution in [3.63, 3.8) is 0 Å². The monoisotopic (exact) mass is 230 g/mol. The molecule has 0 bridgehead atoms. The molecule has 0 heterocycles. The molecule has 0 atom stereocenters. The van der Waals surface area contributed by atoms with Gasteiger partial charge in [-0.15, -0.1) is 23.2 Å². The average molecular weight is 231 g/mol. The van der Waals surface area contributed by atoms with Gasteiger partial charge >= 0.3 is 0 Å². The topological polar surface area (TPSA) is 0 Å². The number of benzene rings is 1. The van der Waals surface area contributed by atoms with Crippen LogP contribution < -0.4 is 0 Å². The Morgan fingerprint density at radius 3 is 2.14 bits per heavy atom. The van der Waals surface area contributed by atoms with Crippen LogP contribution in [0.15, 0.2) is 24.3 Å². The average Bonchev–Trinajstić information content (AvgIpc) is 2.24. The summed E-state index contributed by atoms with van der Waals surface area (Å²) < 4.78 is 0. The van der Waals surface area contributed by atoms with Crippen molar-refractivity contribution < 1.29 is 0 Å². The molecule has 1 rings (SSSR count). The van der Waals surface area contributed by atoms with E-state index in [1.807, 2.05) is 12.1 Å². The molecule has 0 aliphatic carbocycles. The van der Waals surface area contributed by atoms with Gasteiger partial charge in [0.1, 0.15) is 0 Å². The lowest BCUT2D eigenvalue weighted by Gasteiger charge is -2.30. The molecule has 0 amide bonds. The lowest BCUT2D eigenvalue weighted by Crippen LogP contribution is -2.30. The van der Waals surface area contributed by atoms with Crippen molar-refractivity contribution in [3.05, 3.63) is 35.4 Å². The summed E-state index contributed by atoms with van der Waals surface area (Å²) in [5.74, 6) is 1.16. The van der Waals surface area contributed by atoms with Crippen LogP contribution in [0.1, 0.15) is 24.5 Å². The molecule has 2 heteroatoms. The van der Waals surface area contributed by atoms with Crippen molar-refractivity contribution in [2.45, 2.75) is 25.7 Å². The third-order valence-corrected chi connectivity index (χ3v) is 3.93. The Morgan fingerprint density at radius 1 is 1.14 bits per heavy atom. The highest BCUT2D eigenvalue weighted by molar-refractivity contribution is 6.22. The zero-order valence-corrected chi connectivity index (χ0v) is 10.2. The van der Waals surface area contributed by atoms with Crippen LogP contribution >= 0.6 is 23.2 Å². The number of hydrogen-bond donors (Lipinski definition) is 0. The smallest absolute Gasteiger partial charge is 0.0332 e. The number of aryl methyl sites for hydroxylation is 1. The summed E-state index contributed by atoms with van der Waals surface area (Å²) in [6.07, 6.45) is 0.977. The second kappa shape index (κ2) is 5.04. The fourth-order valence-electron chi connectivity index (χ4n) is 1.73. The van der Waals surface area contributed by atoms with Gasteiger partial charge < -0.3 is 0 Å². The molecule has 0 aliphatic heterocycles. The van der Waals surface area contributed by atoms with Gasteiger partial charge in [0.15, 0.2) is 0 Å². The van der Waals surface area contributed by atoms with E-state index in [0.717, 1.165) is 6.42 Å². The molecule has 14 heavy (non-hydrogen) atoms. The van der Waals surface area contributed by atoms with Crippen LogP contribution in [0.25, 0.3) is 0 Å². The van der Waals surface area contributed by atoms with Gasteiger partial charge in [-0.2, -0.15) is 0 Å². The van der Waals surface area contributed by atoms with E-state index in [0.29, 0.717) is 11.8 Å². The van der Waals surface area contributed by atoms with Crippen molar-refractivity contribution in [3.8, 4) is 0 Å². The van der Waals surface area contributed by atoms with Crippen molar-refractivity contribution in [1.29, 1.82) is 0 Å². The maximum absolute atomic E-state index is 6.05. The molecule has 0 saturated heterocycles. The Morgan fingerprint density at radius 2 is 1.71 bits per heavy atom. The van der Waals surface area contributed by atoms with E-state index in [9.17, 15) is 0 Å². The second-order valence-electron chi connectivity index (χ2n) is 3.72. The maximum atomic E-state index is 6.05.